The van der Waals surface area contributed by atoms with Crippen molar-refractivity contribution in [1.82, 2.24) is 0 Å². The van der Waals surface area contributed by atoms with Gasteiger partial charge in [-0.3, -0.25) is 0 Å². The van der Waals surface area contributed by atoms with Crippen LogP contribution in [0.5, 0.6) is 0 Å². The second-order valence-corrected chi connectivity index (χ2v) is 2.50. The van der Waals surface area contributed by atoms with Crippen LogP contribution in [0, 0.1) is 5.13 Å². The number of hydrogen-bond donors (Lipinski definition) is 0. The Morgan fingerprint density at radius 3 is 2.10 bits per heavy atom. The van der Waals surface area contributed by atoms with Gasteiger partial charge in [-0.25, -0.2) is 0 Å². The fourth-order valence-electron chi connectivity index (χ4n) is 0.459. The van der Waals surface area contributed by atoms with Gasteiger partial charge in [0.2, 0.25) is 0 Å². The van der Waals surface area contributed by atoms with E-state index in [9.17, 15) is 17.6 Å². The average Bonchev–Trinajstić information content (AvgIpc) is 2.11. The van der Waals surface area contributed by atoms with Gasteiger partial charge in [-0.15, -0.1) is 11.3 Å². The molecule has 0 nitrogen and oxygen atoms in total. The van der Waals surface area contributed by atoms with Crippen LogP contribution in [0.25, 0.3) is 0 Å². The average molecular weight is 170 g/mol. The predicted molar refractivity (Wildman–Crippen MR) is 29.3 cm³/mol. The van der Waals surface area contributed by atoms with Crippen molar-refractivity contribution < 1.29 is 17.6 Å². The zero-order chi connectivity index (χ0) is 7.78. The summed E-state index contributed by atoms with van der Waals surface area (Å²) in [6, 6.07) is 0.477. The smallest absolute Gasteiger partial charge is 0.195 e. The van der Waals surface area contributed by atoms with Crippen LogP contribution in [0.4, 0.5) is 17.6 Å². The van der Waals surface area contributed by atoms with Crippen molar-refractivity contribution in [3.8, 4) is 0 Å². The fraction of sp³-hybridized carbons (Fsp3) is 0.200. The molecule has 0 atom stereocenters. The summed E-state index contributed by atoms with van der Waals surface area (Å²) >= 11 is 0.445. The summed E-state index contributed by atoms with van der Waals surface area (Å²) < 4.78 is 46.9. The van der Waals surface area contributed by atoms with Gasteiger partial charge in [0.25, 0.3) is 0 Å². The van der Waals surface area contributed by atoms with Crippen LogP contribution >= 0.6 is 11.3 Å². The van der Waals surface area contributed by atoms with Crippen LogP contribution in [0.1, 0.15) is 5.56 Å². The summed E-state index contributed by atoms with van der Waals surface area (Å²) in [5.41, 5.74) is -0.921. The standard InChI is InChI=1S/C5H2F4S/c6-4-1-3(2-10-4)5(7,8)9/h1-2H. The SMILES string of the molecule is Fc1cc(C(F)(F)F)cs1. The molecule has 5 heteroatoms. The van der Waals surface area contributed by atoms with Gasteiger partial charge in [0.05, 0.1) is 5.56 Å². The summed E-state index contributed by atoms with van der Waals surface area (Å²) in [5.74, 6) is 0. The van der Waals surface area contributed by atoms with Crippen molar-refractivity contribution in [3.63, 3.8) is 0 Å². The minimum absolute atomic E-state index is 0.445. The van der Waals surface area contributed by atoms with Gasteiger partial charge in [-0.2, -0.15) is 17.6 Å². The van der Waals surface area contributed by atoms with Crippen molar-refractivity contribution in [2.45, 2.75) is 6.18 Å². The molecule has 1 aromatic rings. The van der Waals surface area contributed by atoms with E-state index in [-0.39, 0.29) is 0 Å². The molecule has 0 fully saturated rings. The Labute approximate surface area is 58.1 Å². The Bertz CT molecular complexity index is 224. The fourth-order valence-corrected chi connectivity index (χ4v) is 1.09. The highest BCUT2D eigenvalue weighted by molar-refractivity contribution is 7.08. The monoisotopic (exact) mass is 170 g/mol. The molecule has 0 radical (unpaired) electrons. The molecule has 0 aromatic carbocycles. The molecule has 1 rings (SSSR count). The Hall–Kier alpha value is -0.580. The van der Waals surface area contributed by atoms with Crippen molar-refractivity contribution >= 4 is 11.3 Å². The molecule has 0 amide bonds. The predicted octanol–water partition coefficient (Wildman–Crippen LogP) is 2.91. The number of hydrogen-bond acceptors (Lipinski definition) is 1. The lowest BCUT2D eigenvalue weighted by atomic mass is 10.3. The molecule has 0 aliphatic carbocycles. The molecule has 0 unspecified atom stereocenters. The second-order valence-electron chi connectivity index (χ2n) is 1.64. The number of thiophene rings is 1. The van der Waals surface area contributed by atoms with Crippen molar-refractivity contribution in [1.29, 1.82) is 0 Å². The summed E-state index contributed by atoms with van der Waals surface area (Å²) in [6.45, 7) is 0. The minimum atomic E-state index is -4.42. The molecule has 0 aliphatic heterocycles. The molecule has 1 heterocycles. The maximum absolute atomic E-state index is 12.0. The van der Waals surface area contributed by atoms with Crippen molar-refractivity contribution in [2.24, 2.45) is 0 Å². The first-order valence-electron chi connectivity index (χ1n) is 2.31. The highest BCUT2D eigenvalue weighted by Crippen LogP contribution is 2.31. The van der Waals surface area contributed by atoms with Gasteiger partial charge in [0.15, 0.2) is 5.13 Å². The molecule has 0 saturated carbocycles. The third-order valence-corrected chi connectivity index (χ3v) is 1.61. The van der Waals surface area contributed by atoms with Crippen molar-refractivity contribution in [2.75, 3.05) is 0 Å². The molecule has 0 aliphatic rings. The Morgan fingerprint density at radius 1 is 1.30 bits per heavy atom. The second kappa shape index (κ2) is 2.23. The van der Waals surface area contributed by atoms with E-state index < -0.39 is 16.9 Å². The van der Waals surface area contributed by atoms with E-state index in [2.05, 4.69) is 0 Å². The summed E-state index contributed by atoms with van der Waals surface area (Å²) in [5, 5.41) is -0.0673. The maximum atomic E-state index is 12.0. The van der Waals surface area contributed by atoms with E-state index in [1.807, 2.05) is 0 Å². The highest BCUT2D eigenvalue weighted by Gasteiger charge is 2.31. The van der Waals surface area contributed by atoms with E-state index in [1.54, 1.807) is 0 Å². The molecular formula is C5H2F4S. The van der Waals surface area contributed by atoms with E-state index in [0.717, 1.165) is 5.38 Å². The molecular weight excluding hydrogens is 168 g/mol. The number of alkyl halides is 3. The Morgan fingerprint density at radius 2 is 1.90 bits per heavy atom. The summed E-state index contributed by atoms with van der Waals surface area (Å²) in [4.78, 5) is 0. The molecule has 1 aromatic heterocycles. The molecule has 0 bridgehead atoms. The third-order valence-electron chi connectivity index (χ3n) is 0.895. The first kappa shape index (κ1) is 7.53. The first-order valence-corrected chi connectivity index (χ1v) is 3.19. The maximum Gasteiger partial charge on any atom is 0.417 e. The van der Waals surface area contributed by atoms with Crippen LogP contribution in [-0.2, 0) is 6.18 Å². The van der Waals surface area contributed by atoms with E-state index in [0.29, 0.717) is 17.4 Å². The number of halogens is 4. The minimum Gasteiger partial charge on any atom is -0.195 e. The topological polar surface area (TPSA) is 0 Å². The highest BCUT2D eigenvalue weighted by atomic mass is 32.1. The lowest BCUT2D eigenvalue weighted by Gasteiger charge is -1.99. The first-order chi connectivity index (χ1) is 4.50. The van der Waals surface area contributed by atoms with E-state index in [4.69, 9.17) is 0 Å². The van der Waals surface area contributed by atoms with Crippen LogP contribution in [0.3, 0.4) is 0 Å². The molecule has 0 saturated heterocycles. The normalized spacial score (nSPS) is 12.0. The largest absolute Gasteiger partial charge is 0.417 e. The van der Waals surface area contributed by atoms with Gasteiger partial charge in [-0.1, -0.05) is 0 Å². The van der Waals surface area contributed by atoms with Gasteiger partial charge < -0.3 is 0 Å². The van der Waals surface area contributed by atoms with Crippen LogP contribution in [-0.4, -0.2) is 0 Å². The van der Waals surface area contributed by atoms with Crippen LogP contribution in [0.15, 0.2) is 11.4 Å². The molecule has 0 spiro atoms. The lowest BCUT2D eigenvalue weighted by molar-refractivity contribution is -0.137. The Kier molecular flexibility index (Phi) is 1.68. The molecule has 0 N–H and O–H groups in total. The summed E-state index contributed by atoms with van der Waals surface area (Å²) in [6.07, 6.45) is -4.42. The van der Waals surface area contributed by atoms with Gasteiger partial charge >= 0.3 is 6.18 Å². The quantitative estimate of drug-likeness (QED) is 0.525. The van der Waals surface area contributed by atoms with E-state index >= 15 is 0 Å². The van der Waals surface area contributed by atoms with E-state index in [1.165, 1.54) is 0 Å². The zero-order valence-electron chi connectivity index (χ0n) is 4.57. The van der Waals surface area contributed by atoms with Gasteiger partial charge in [0.1, 0.15) is 0 Å². The molecule has 56 valence electrons. The van der Waals surface area contributed by atoms with Crippen LogP contribution < -0.4 is 0 Å². The third kappa shape index (κ3) is 1.47. The van der Waals surface area contributed by atoms with Crippen molar-refractivity contribution in [3.05, 3.63) is 22.1 Å². The molecule has 10 heavy (non-hydrogen) atoms. The van der Waals surface area contributed by atoms with Crippen LogP contribution in [0.2, 0.25) is 0 Å². The lowest BCUT2D eigenvalue weighted by Crippen LogP contribution is -2.01. The van der Waals surface area contributed by atoms with Gasteiger partial charge in [-0.05, 0) is 6.07 Å². The zero-order valence-corrected chi connectivity index (χ0v) is 5.39. The summed E-state index contributed by atoms with van der Waals surface area (Å²) in [7, 11) is 0. The number of rotatable bonds is 0. The van der Waals surface area contributed by atoms with Gasteiger partial charge in [0, 0.05) is 5.38 Å². The Balaban J connectivity index is 2.96.